The highest BCUT2D eigenvalue weighted by Crippen LogP contribution is 2.55. The lowest BCUT2D eigenvalue weighted by Gasteiger charge is -2.39. The Morgan fingerprint density at radius 3 is 2.60 bits per heavy atom. The smallest absolute Gasteiger partial charge is 0.323 e. The van der Waals surface area contributed by atoms with Gasteiger partial charge in [0.2, 0.25) is 0 Å². The highest BCUT2D eigenvalue weighted by atomic mass is 32.2. The maximum Gasteiger partial charge on any atom is 0.323 e. The maximum atomic E-state index is 14.0. The number of benzene rings is 1. The summed E-state index contributed by atoms with van der Waals surface area (Å²) in [6.45, 7) is 7.58. The van der Waals surface area contributed by atoms with Crippen LogP contribution in [0.25, 0.3) is 0 Å². The molecule has 6 nitrogen and oxygen atoms in total. The fourth-order valence-corrected chi connectivity index (χ4v) is 9.31. The molecule has 0 unspecified atom stereocenters. The lowest BCUT2D eigenvalue weighted by Crippen LogP contribution is -2.43. The van der Waals surface area contributed by atoms with Crippen molar-refractivity contribution in [1.29, 1.82) is 0 Å². The quantitative estimate of drug-likeness (QED) is 0.471. The first-order valence-electron chi connectivity index (χ1n) is 13.0. The first-order valence-corrected chi connectivity index (χ1v) is 15.3. The minimum atomic E-state index is -3.71. The van der Waals surface area contributed by atoms with Crippen molar-refractivity contribution in [1.82, 2.24) is 4.90 Å². The molecule has 3 heterocycles. The summed E-state index contributed by atoms with van der Waals surface area (Å²) >= 11 is 1.80. The third-order valence-electron chi connectivity index (χ3n) is 7.76. The summed E-state index contributed by atoms with van der Waals surface area (Å²) in [6.07, 6.45) is 6.86. The van der Waals surface area contributed by atoms with Crippen LogP contribution in [0.15, 0.2) is 29.2 Å². The van der Waals surface area contributed by atoms with Gasteiger partial charge in [0, 0.05) is 22.2 Å². The van der Waals surface area contributed by atoms with Crippen molar-refractivity contribution in [3.05, 3.63) is 45.1 Å². The van der Waals surface area contributed by atoms with Crippen molar-refractivity contribution < 1.29 is 17.9 Å². The lowest BCUT2D eigenvalue weighted by atomic mass is 9.90. The number of likely N-dealkylation sites (tertiary alicyclic amines) is 1. The molecule has 3 aliphatic rings. The van der Waals surface area contributed by atoms with Crippen molar-refractivity contribution in [2.75, 3.05) is 24.0 Å². The summed E-state index contributed by atoms with van der Waals surface area (Å²) in [6, 6.07) is 6.93. The summed E-state index contributed by atoms with van der Waals surface area (Å²) < 4.78 is 35.2. The summed E-state index contributed by atoms with van der Waals surface area (Å²) in [5.41, 5.74) is 3.17. The highest BCUT2D eigenvalue weighted by Gasteiger charge is 2.52. The van der Waals surface area contributed by atoms with E-state index in [4.69, 9.17) is 4.74 Å². The van der Waals surface area contributed by atoms with Crippen LogP contribution in [0.5, 0.6) is 0 Å². The van der Waals surface area contributed by atoms with E-state index >= 15 is 0 Å². The highest BCUT2D eigenvalue weighted by molar-refractivity contribution is 7.92. The molecule has 1 saturated heterocycles. The minimum Gasteiger partial charge on any atom is -0.465 e. The van der Waals surface area contributed by atoms with Gasteiger partial charge < -0.3 is 4.74 Å². The van der Waals surface area contributed by atoms with Gasteiger partial charge in [-0.2, -0.15) is 0 Å². The maximum absolute atomic E-state index is 14.0. The van der Waals surface area contributed by atoms with Crippen LogP contribution in [-0.4, -0.2) is 45.0 Å². The molecule has 3 atom stereocenters. The molecule has 35 heavy (non-hydrogen) atoms. The summed E-state index contributed by atoms with van der Waals surface area (Å²) in [5, 5.41) is 0. The number of esters is 1. The zero-order valence-electron chi connectivity index (χ0n) is 21.0. The number of thiophene rings is 1. The summed E-state index contributed by atoms with van der Waals surface area (Å²) in [4.78, 5) is 18.2. The Bertz CT molecular complexity index is 1190. The van der Waals surface area contributed by atoms with Crippen molar-refractivity contribution in [3.8, 4) is 0 Å². The molecule has 5 rings (SSSR count). The number of carbonyl (C=O) groups excluding carboxylic acids is 1. The number of sulfonamides is 1. The molecule has 1 aromatic carbocycles. The van der Waals surface area contributed by atoms with Crippen molar-refractivity contribution >= 4 is 33.0 Å². The number of unbranched alkanes of at least 4 members (excludes halogenated alkanes) is 1. The lowest BCUT2D eigenvalue weighted by molar-refractivity contribution is -0.149. The van der Waals surface area contributed by atoms with E-state index in [1.807, 2.05) is 26.0 Å². The second-order valence-corrected chi connectivity index (χ2v) is 13.1. The fourth-order valence-electron chi connectivity index (χ4n) is 6.06. The Balaban J connectivity index is 1.62. The van der Waals surface area contributed by atoms with E-state index in [9.17, 15) is 13.2 Å². The van der Waals surface area contributed by atoms with Gasteiger partial charge in [-0.25, -0.2) is 8.42 Å². The largest absolute Gasteiger partial charge is 0.465 e. The van der Waals surface area contributed by atoms with Crippen LogP contribution < -0.4 is 4.31 Å². The molecule has 1 fully saturated rings. The van der Waals surface area contributed by atoms with Crippen LogP contribution in [0.4, 0.5) is 5.69 Å². The van der Waals surface area contributed by atoms with Crippen molar-refractivity contribution in [2.45, 2.75) is 82.7 Å². The van der Waals surface area contributed by atoms with E-state index in [2.05, 4.69) is 11.8 Å². The molecule has 1 aliphatic carbocycles. The van der Waals surface area contributed by atoms with E-state index in [1.54, 1.807) is 27.8 Å². The fraction of sp³-hybridized carbons (Fsp3) is 0.593. The predicted octanol–water partition coefficient (Wildman–Crippen LogP) is 5.24. The van der Waals surface area contributed by atoms with E-state index in [1.165, 1.54) is 10.4 Å². The third-order valence-corrected chi connectivity index (χ3v) is 10.9. The van der Waals surface area contributed by atoms with E-state index in [-0.39, 0.29) is 24.0 Å². The first-order chi connectivity index (χ1) is 16.9. The molecule has 2 aromatic rings. The number of carbonyl (C=O) groups is 1. The van der Waals surface area contributed by atoms with Crippen LogP contribution in [0.1, 0.15) is 72.9 Å². The standard InChI is InChI=1S/C27H36N2O4S2/c1-4-6-15-28-22(27(30)33-5-2)16-19-17-29(35(31,32)20-13-11-18(3)12-14-20)25-21-9-7-8-10-23(21)34-26(25)24(19)28/h11-14,19,22,24H,4-10,15-17H2,1-3H3/t19-,22-,24-/m1/s1. The molecule has 0 spiro atoms. The third kappa shape index (κ3) is 4.31. The molecule has 0 bridgehead atoms. The van der Waals surface area contributed by atoms with Crippen LogP contribution in [-0.2, 0) is 32.4 Å². The van der Waals surface area contributed by atoms with Crippen LogP contribution in [0.3, 0.4) is 0 Å². The molecular formula is C27H36N2O4S2. The molecule has 1 aromatic heterocycles. The monoisotopic (exact) mass is 516 g/mol. The predicted molar refractivity (Wildman–Crippen MR) is 140 cm³/mol. The van der Waals surface area contributed by atoms with E-state index in [0.717, 1.165) is 61.2 Å². The Labute approximate surface area is 213 Å². The van der Waals surface area contributed by atoms with Crippen LogP contribution >= 0.6 is 11.3 Å². The molecule has 2 aliphatic heterocycles. The summed E-state index contributed by atoms with van der Waals surface area (Å²) in [7, 11) is -3.71. The molecule has 190 valence electrons. The number of nitrogens with zero attached hydrogens (tertiary/aromatic N) is 2. The van der Waals surface area contributed by atoms with Gasteiger partial charge in [-0.3, -0.25) is 14.0 Å². The summed E-state index contributed by atoms with van der Waals surface area (Å²) in [5.74, 6) is -0.108. The van der Waals surface area contributed by atoms with Crippen molar-refractivity contribution in [3.63, 3.8) is 0 Å². The van der Waals surface area contributed by atoms with Gasteiger partial charge in [0.1, 0.15) is 6.04 Å². The van der Waals surface area contributed by atoms with E-state index in [0.29, 0.717) is 24.5 Å². The normalized spacial score (nSPS) is 24.1. The van der Waals surface area contributed by atoms with Crippen molar-refractivity contribution in [2.24, 2.45) is 5.92 Å². The zero-order valence-corrected chi connectivity index (χ0v) is 22.6. The molecule has 8 heteroatoms. The van der Waals surface area contributed by atoms with Gasteiger partial charge in [-0.05, 0) is 76.6 Å². The molecule has 0 N–H and O–H groups in total. The minimum absolute atomic E-state index is 0.0640. The van der Waals surface area contributed by atoms with Gasteiger partial charge in [0.25, 0.3) is 10.0 Å². The van der Waals surface area contributed by atoms with Gasteiger partial charge in [0.05, 0.1) is 23.2 Å². The number of ether oxygens (including phenoxy) is 1. The van der Waals surface area contributed by atoms with Crippen LogP contribution in [0.2, 0.25) is 0 Å². The zero-order chi connectivity index (χ0) is 24.7. The van der Waals surface area contributed by atoms with E-state index < -0.39 is 10.0 Å². The molecule has 0 saturated carbocycles. The molecular weight excluding hydrogens is 480 g/mol. The number of rotatable bonds is 7. The van der Waals surface area contributed by atoms with Gasteiger partial charge in [-0.15, -0.1) is 11.3 Å². The topological polar surface area (TPSA) is 66.9 Å². The Hall–Kier alpha value is -1.90. The van der Waals surface area contributed by atoms with Crippen LogP contribution in [0, 0.1) is 12.8 Å². The van der Waals surface area contributed by atoms with Gasteiger partial charge >= 0.3 is 5.97 Å². The SMILES string of the molecule is CCCCN1[C@@H](C(=O)OCC)C[C@@H]2CN(S(=O)(=O)c3ccc(C)cc3)c3c(sc4c3CCCC4)[C@@H]21. The number of anilines is 1. The average molecular weight is 517 g/mol. The van der Waals surface area contributed by atoms with Gasteiger partial charge in [0.15, 0.2) is 0 Å². The second-order valence-electron chi connectivity index (χ2n) is 10.1. The number of aryl methyl sites for hydroxylation is 2. The number of fused-ring (bicyclic) bond motifs is 5. The number of hydrogen-bond acceptors (Lipinski definition) is 6. The molecule has 0 amide bonds. The first kappa shape index (κ1) is 24.8. The Kier molecular flexibility index (Phi) is 6.98. The average Bonchev–Trinajstić information content (AvgIpc) is 3.41. The van der Waals surface area contributed by atoms with Gasteiger partial charge in [-0.1, -0.05) is 31.0 Å². The molecule has 0 radical (unpaired) electrons. The second kappa shape index (κ2) is 9.87. The Morgan fingerprint density at radius 1 is 1.14 bits per heavy atom. The Morgan fingerprint density at radius 2 is 1.89 bits per heavy atom. The number of hydrogen-bond donors (Lipinski definition) is 0.